The maximum atomic E-state index is 6.02. The fourth-order valence-electron chi connectivity index (χ4n) is 1.59. The second-order valence-electron chi connectivity index (χ2n) is 4.69. The van der Waals surface area contributed by atoms with Crippen LogP contribution in [0.2, 0.25) is 0 Å². The molecule has 0 aromatic heterocycles. The summed E-state index contributed by atoms with van der Waals surface area (Å²) in [5.41, 5.74) is 8.44. The number of rotatable bonds is 6. The fourth-order valence-corrected chi connectivity index (χ4v) is 2.12. The molecular weight excluding hydrogens is 290 g/mol. The van der Waals surface area contributed by atoms with Crippen LogP contribution in [0.25, 0.3) is 0 Å². The zero-order chi connectivity index (χ0) is 13.5. The van der Waals surface area contributed by atoms with Crippen LogP contribution in [0.15, 0.2) is 34.3 Å². The predicted octanol–water partition coefficient (Wildman–Crippen LogP) is 4.07. The zero-order valence-electron chi connectivity index (χ0n) is 11.4. The van der Waals surface area contributed by atoms with E-state index in [0.29, 0.717) is 6.61 Å². The molecular formula is C15H22BrNO. The Balaban J connectivity index is 2.83. The molecule has 0 aliphatic carbocycles. The van der Waals surface area contributed by atoms with Crippen LogP contribution in [0.1, 0.15) is 32.8 Å². The van der Waals surface area contributed by atoms with E-state index in [-0.39, 0.29) is 6.04 Å². The molecule has 0 aliphatic heterocycles. The predicted molar refractivity (Wildman–Crippen MR) is 81.0 cm³/mol. The van der Waals surface area contributed by atoms with E-state index in [0.717, 1.165) is 23.1 Å². The lowest BCUT2D eigenvalue weighted by atomic mass is 10.0. The molecule has 0 saturated heterocycles. The van der Waals surface area contributed by atoms with Gasteiger partial charge in [0.2, 0.25) is 0 Å². The summed E-state index contributed by atoms with van der Waals surface area (Å²) < 4.78 is 6.84. The maximum absolute atomic E-state index is 6.02. The Morgan fingerprint density at radius 3 is 2.78 bits per heavy atom. The fraction of sp³-hybridized carbons (Fsp3) is 0.467. The molecule has 0 radical (unpaired) electrons. The van der Waals surface area contributed by atoms with Crippen molar-refractivity contribution >= 4 is 15.9 Å². The number of hydrogen-bond acceptors (Lipinski definition) is 2. The van der Waals surface area contributed by atoms with Crippen molar-refractivity contribution in [3.05, 3.63) is 39.9 Å². The monoisotopic (exact) mass is 311 g/mol. The third kappa shape index (κ3) is 4.83. The summed E-state index contributed by atoms with van der Waals surface area (Å²) in [4.78, 5) is 0. The van der Waals surface area contributed by atoms with Gasteiger partial charge in [-0.2, -0.15) is 0 Å². The Morgan fingerprint density at radius 1 is 1.44 bits per heavy atom. The summed E-state index contributed by atoms with van der Waals surface area (Å²) in [5.74, 6) is 0.916. The molecule has 0 aliphatic rings. The van der Waals surface area contributed by atoms with Crippen molar-refractivity contribution in [1.82, 2.24) is 0 Å². The molecule has 3 heteroatoms. The van der Waals surface area contributed by atoms with E-state index in [1.54, 1.807) is 0 Å². The summed E-state index contributed by atoms with van der Waals surface area (Å²) >= 11 is 3.54. The van der Waals surface area contributed by atoms with Crippen molar-refractivity contribution in [2.75, 3.05) is 6.61 Å². The van der Waals surface area contributed by atoms with Gasteiger partial charge in [0.25, 0.3) is 0 Å². The van der Waals surface area contributed by atoms with Crippen LogP contribution in [-0.2, 0) is 6.42 Å². The Kier molecular flexibility index (Phi) is 6.44. The molecule has 1 aromatic rings. The number of allylic oxidation sites excluding steroid dienone is 1. The quantitative estimate of drug-likeness (QED) is 0.804. The van der Waals surface area contributed by atoms with E-state index in [1.165, 1.54) is 11.1 Å². The lowest BCUT2D eigenvalue weighted by molar-refractivity contribution is 0.354. The largest absolute Gasteiger partial charge is 0.488 e. The van der Waals surface area contributed by atoms with Crippen molar-refractivity contribution < 1.29 is 4.74 Å². The van der Waals surface area contributed by atoms with Gasteiger partial charge >= 0.3 is 0 Å². The number of nitrogens with two attached hydrogens (primary N) is 1. The SMILES string of the molecule is CCC(N)Cc1cccc(Br)c1OCC=C(C)C. The minimum Gasteiger partial charge on any atom is -0.488 e. The first-order chi connectivity index (χ1) is 8.54. The van der Waals surface area contributed by atoms with Crippen LogP contribution < -0.4 is 10.5 Å². The Hall–Kier alpha value is -0.800. The highest BCUT2D eigenvalue weighted by atomic mass is 79.9. The van der Waals surface area contributed by atoms with Crippen molar-refractivity contribution in [2.24, 2.45) is 5.73 Å². The van der Waals surface area contributed by atoms with Crippen LogP contribution in [0, 0.1) is 0 Å². The molecule has 0 amide bonds. The topological polar surface area (TPSA) is 35.2 Å². The Labute approximate surface area is 118 Å². The lowest BCUT2D eigenvalue weighted by Gasteiger charge is -2.15. The van der Waals surface area contributed by atoms with E-state index >= 15 is 0 Å². The van der Waals surface area contributed by atoms with E-state index in [4.69, 9.17) is 10.5 Å². The van der Waals surface area contributed by atoms with Gasteiger partial charge in [-0.1, -0.05) is 24.6 Å². The molecule has 1 aromatic carbocycles. The van der Waals surface area contributed by atoms with Gasteiger partial charge in [0.05, 0.1) is 4.47 Å². The standard InChI is InChI=1S/C15H22BrNO/c1-4-13(17)10-12-6-5-7-14(16)15(12)18-9-8-11(2)3/h5-8,13H,4,9-10,17H2,1-3H3. The molecule has 1 rings (SSSR count). The number of halogens is 1. The molecule has 1 atom stereocenters. The number of para-hydroxylation sites is 1. The van der Waals surface area contributed by atoms with Crippen LogP contribution in [-0.4, -0.2) is 12.6 Å². The summed E-state index contributed by atoms with van der Waals surface area (Å²) in [5, 5.41) is 0. The van der Waals surface area contributed by atoms with Crippen LogP contribution in [0.3, 0.4) is 0 Å². The molecule has 18 heavy (non-hydrogen) atoms. The third-order valence-electron chi connectivity index (χ3n) is 2.77. The average molecular weight is 312 g/mol. The summed E-state index contributed by atoms with van der Waals surface area (Å²) in [6.45, 7) is 6.83. The average Bonchev–Trinajstić information content (AvgIpc) is 2.32. The molecule has 0 heterocycles. The normalized spacial score (nSPS) is 12.1. The lowest BCUT2D eigenvalue weighted by Crippen LogP contribution is -2.21. The summed E-state index contributed by atoms with van der Waals surface area (Å²) in [6.07, 6.45) is 3.89. The number of benzene rings is 1. The first-order valence-corrected chi connectivity index (χ1v) is 7.13. The molecule has 100 valence electrons. The first kappa shape index (κ1) is 15.3. The summed E-state index contributed by atoms with van der Waals surface area (Å²) in [6, 6.07) is 6.29. The third-order valence-corrected chi connectivity index (χ3v) is 3.40. The van der Waals surface area contributed by atoms with Gasteiger partial charge in [-0.3, -0.25) is 0 Å². The molecule has 0 spiro atoms. The van der Waals surface area contributed by atoms with Crippen LogP contribution >= 0.6 is 15.9 Å². The Morgan fingerprint density at radius 2 is 2.17 bits per heavy atom. The van der Waals surface area contributed by atoms with Gasteiger partial charge in [-0.25, -0.2) is 0 Å². The summed E-state index contributed by atoms with van der Waals surface area (Å²) in [7, 11) is 0. The molecule has 2 nitrogen and oxygen atoms in total. The van der Waals surface area contributed by atoms with Gasteiger partial charge in [0.15, 0.2) is 0 Å². The maximum Gasteiger partial charge on any atom is 0.137 e. The molecule has 1 unspecified atom stereocenters. The highest BCUT2D eigenvalue weighted by Gasteiger charge is 2.10. The molecule has 0 bridgehead atoms. The van der Waals surface area contributed by atoms with E-state index < -0.39 is 0 Å². The highest BCUT2D eigenvalue weighted by Crippen LogP contribution is 2.30. The minimum absolute atomic E-state index is 0.185. The van der Waals surface area contributed by atoms with Crippen molar-refractivity contribution in [2.45, 2.75) is 39.7 Å². The van der Waals surface area contributed by atoms with Gasteiger partial charge in [-0.15, -0.1) is 0 Å². The van der Waals surface area contributed by atoms with Crippen molar-refractivity contribution in [3.8, 4) is 5.75 Å². The van der Waals surface area contributed by atoms with Gasteiger partial charge in [0, 0.05) is 6.04 Å². The molecule has 0 fully saturated rings. The van der Waals surface area contributed by atoms with E-state index in [2.05, 4.69) is 48.8 Å². The number of hydrogen-bond donors (Lipinski definition) is 1. The van der Waals surface area contributed by atoms with Crippen LogP contribution in [0.4, 0.5) is 0 Å². The minimum atomic E-state index is 0.185. The first-order valence-electron chi connectivity index (χ1n) is 6.33. The van der Waals surface area contributed by atoms with Gasteiger partial charge in [0.1, 0.15) is 12.4 Å². The van der Waals surface area contributed by atoms with E-state index in [9.17, 15) is 0 Å². The van der Waals surface area contributed by atoms with Gasteiger partial charge in [-0.05, 0) is 60.3 Å². The van der Waals surface area contributed by atoms with E-state index in [1.807, 2.05) is 12.1 Å². The van der Waals surface area contributed by atoms with Crippen LogP contribution in [0.5, 0.6) is 5.75 Å². The second kappa shape index (κ2) is 7.59. The highest BCUT2D eigenvalue weighted by molar-refractivity contribution is 9.10. The number of ether oxygens (including phenoxy) is 1. The molecule has 0 saturated carbocycles. The van der Waals surface area contributed by atoms with Gasteiger partial charge < -0.3 is 10.5 Å². The smallest absolute Gasteiger partial charge is 0.137 e. The van der Waals surface area contributed by atoms with Crippen molar-refractivity contribution in [1.29, 1.82) is 0 Å². The Bertz CT molecular complexity index is 411. The van der Waals surface area contributed by atoms with Crippen molar-refractivity contribution in [3.63, 3.8) is 0 Å². The second-order valence-corrected chi connectivity index (χ2v) is 5.55. The molecule has 2 N–H and O–H groups in total. The zero-order valence-corrected chi connectivity index (χ0v) is 13.0.